The van der Waals surface area contributed by atoms with E-state index in [0.717, 1.165) is 11.1 Å². The van der Waals surface area contributed by atoms with E-state index in [1.807, 2.05) is 36.4 Å². The normalized spacial score (nSPS) is 11.5. The maximum Gasteiger partial charge on any atom is 0.238 e. The van der Waals surface area contributed by atoms with Crippen LogP contribution in [0.4, 0.5) is 0 Å². The van der Waals surface area contributed by atoms with Crippen LogP contribution in [0.1, 0.15) is 0 Å². The Morgan fingerprint density at radius 3 is 2.33 bits per heavy atom. The van der Waals surface area contributed by atoms with Gasteiger partial charge < -0.3 is 0 Å². The zero-order chi connectivity index (χ0) is 14.9. The summed E-state index contributed by atoms with van der Waals surface area (Å²) in [5.74, 6) is 0. The molecule has 0 saturated carbocycles. The first-order chi connectivity index (χ1) is 10.1. The lowest BCUT2D eigenvalue weighted by Crippen LogP contribution is -2.14. The highest BCUT2D eigenvalue weighted by atomic mass is 32.2. The molecule has 1 heterocycles. The van der Waals surface area contributed by atoms with Crippen molar-refractivity contribution in [2.24, 2.45) is 5.14 Å². The van der Waals surface area contributed by atoms with Crippen molar-refractivity contribution in [3.05, 3.63) is 60.8 Å². The van der Waals surface area contributed by atoms with Crippen LogP contribution in [0, 0.1) is 0 Å². The molecule has 5 nitrogen and oxygen atoms in total. The fourth-order valence-electron chi connectivity index (χ4n) is 2.29. The van der Waals surface area contributed by atoms with Crippen LogP contribution in [0.25, 0.3) is 22.4 Å². The van der Waals surface area contributed by atoms with Crippen molar-refractivity contribution in [1.82, 2.24) is 10.2 Å². The van der Waals surface area contributed by atoms with Crippen LogP contribution >= 0.6 is 0 Å². The Morgan fingerprint density at radius 1 is 0.952 bits per heavy atom. The third kappa shape index (κ3) is 2.58. The van der Waals surface area contributed by atoms with Crippen molar-refractivity contribution in [3.8, 4) is 22.4 Å². The smallest absolute Gasteiger partial charge is 0.238 e. The SMILES string of the molecule is NS(=O)(=O)c1cccc(-c2ccccc2)c1-c1cc[nH]n1. The second-order valence-corrected chi connectivity index (χ2v) is 6.08. The molecular formula is C15H13N3O2S. The van der Waals surface area contributed by atoms with Crippen LogP contribution in [0.15, 0.2) is 65.7 Å². The molecule has 0 unspecified atom stereocenters. The minimum absolute atomic E-state index is 0.0657. The van der Waals surface area contributed by atoms with E-state index in [1.165, 1.54) is 6.07 Å². The topological polar surface area (TPSA) is 88.8 Å². The summed E-state index contributed by atoms with van der Waals surface area (Å²) in [4.78, 5) is 0.0657. The number of aromatic nitrogens is 2. The van der Waals surface area contributed by atoms with Crippen molar-refractivity contribution < 1.29 is 8.42 Å². The predicted octanol–water partition coefficient (Wildman–Crippen LogP) is 2.39. The van der Waals surface area contributed by atoms with E-state index in [4.69, 9.17) is 5.14 Å². The summed E-state index contributed by atoms with van der Waals surface area (Å²) in [5, 5.41) is 12.1. The Kier molecular flexibility index (Phi) is 3.32. The zero-order valence-corrected chi connectivity index (χ0v) is 11.8. The van der Waals surface area contributed by atoms with Gasteiger partial charge in [-0.1, -0.05) is 42.5 Å². The summed E-state index contributed by atoms with van der Waals surface area (Å²) in [5.41, 5.74) is 2.72. The van der Waals surface area contributed by atoms with E-state index in [-0.39, 0.29) is 4.90 Å². The Morgan fingerprint density at radius 2 is 1.71 bits per heavy atom. The molecule has 6 heteroatoms. The lowest BCUT2D eigenvalue weighted by atomic mass is 9.98. The van der Waals surface area contributed by atoms with Gasteiger partial charge in [-0.25, -0.2) is 13.6 Å². The molecule has 21 heavy (non-hydrogen) atoms. The maximum absolute atomic E-state index is 11.9. The standard InChI is InChI=1S/C15H13N3O2S/c16-21(19,20)14-8-4-7-12(11-5-2-1-3-6-11)15(14)13-9-10-17-18-13/h1-10H,(H,17,18)(H2,16,19,20). The van der Waals surface area contributed by atoms with Gasteiger partial charge in [0.15, 0.2) is 0 Å². The number of nitrogens with zero attached hydrogens (tertiary/aromatic N) is 1. The molecule has 1 aromatic heterocycles. The number of nitrogens with two attached hydrogens (primary N) is 1. The number of aromatic amines is 1. The van der Waals surface area contributed by atoms with Gasteiger partial charge in [0.2, 0.25) is 10.0 Å². The molecule has 3 rings (SSSR count). The molecule has 0 aliphatic heterocycles. The van der Waals surface area contributed by atoms with E-state index >= 15 is 0 Å². The van der Waals surface area contributed by atoms with Crippen LogP contribution in [0.2, 0.25) is 0 Å². The average Bonchev–Trinajstić information content (AvgIpc) is 3.00. The van der Waals surface area contributed by atoms with Crippen molar-refractivity contribution in [2.75, 3.05) is 0 Å². The van der Waals surface area contributed by atoms with Crippen LogP contribution in [-0.4, -0.2) is 18.6 Å². The minimum atomic E-state index is -3.84. The first-order valence-corrected chi connectivity index (χ1v) is 7.83. The maximum atomic E-state index is 11.9. The van der Waals surface area contributed by atoms with Crippen molar-refractivity contribution in [3.63, 3.8) is 0 Å². The van der Waals surface area contributed by atoms with Crippen LogP contribution in [0.5, 0.6) is 0 Å². The molecule has 0 aliphatic carbocycles. The van der Waals surface area contributed by atoms with Crippen LogP contribution < -0.4 is 5.14 Å². The summed E-state index contributed by atoms with van der Waals surface area (Å²) in [6, 6.07) is 16.3. The second kappa shape index (κ2) is 5.16. The number of primary sulfonamides is 1. The largest absolute Gasteiger partial charge is 0.285 e. The summed E-state index contributed by atoms with van der Waals surface area (Å²) < 4.78 is 23.7. The molecule has 3 N–H and O–H groups in total. The van der Waals surface area contributed by atoms with Gasteiger partial charge in [0.25, 0.3) is 0 Å². The first kappa shape index (κ1) is 13.5. The van der Waals surface area contributed by atoms with Gasteiger partial charge in [-0.05, 0) is 23.3 Å². The van der Waals surface area contributed by atoms with E-state index in [1.54, 1.807) is 18.3 Å². The number of sulfonamides is 1. The molecule has 0 radical (unpaired) electrons. The fraction of sp³-hybridized carbons (Fsp3) is 0. The zero-order valence-electron chi connectivity index (χ0n) is 11.0. The number of rotatable bonds is 3. The van der Waals surface area contributed by atoms with Crippen LogP contribution in [-0.2, 0) is 10.0 Å². The van der Waals surface area contributed by atoms with Gasteiger partial charge in [-0.3, -0.25) is 5.10 Å². The lowest BCUT2D eigenvalue weighted by molar-refractivity contribution is 0.598. The molecule has 0 fully saturated rings. The van der Waals surface area contributed by atoms with E-state index < -0.39 is 10.0 Å². The van der Waals surface area contributed by atoms with E-state index in [9.17, 15) is 8.42 Å². The van der Waals surface area contributed by atoms with Crippen LogP contribution in [0.3, 0.4) is 0 Å². The number of hydrogen-bond acceptors (Lipinski definition) is 3. The monoisotopic (exact) mass is 299 g/mol. The Bertz CT molecular complexity index is 857. The summed E-state index contributed by atoms with van der Waals surface area (Å²) in [7, 11) is -3.84. The highest BCUT2D eigenvalue weighted by molar-refractivity contribution is 7.89. The number of benzene rings is 2. The molecule has 3 aromatic rings. The molecule has 106 valence electrons. The van der Waals surface area contributed by atoms with Gasteiger partial charge in [0, 0.05) is 11.8 Å². The molecule has 0 atom stereocenters. The van der Waals surface area contributed by atoms with Gasteiger partial charge >= 0.3 is 0 Å². The first-order valence-electron chi connectivity index (χ1n) is 6.29. The van der Waals surface area contributed by atoms with Gasteiger partial charge in [-0.2, -0.15) is 5.10 Å². The lowest BCUT2D eigenvalue weighted by Gasteiger charge is -2.12. The number of hydrogen-bond donors (Lipinski definition) is 2. The van der Waals surface area contributed by atoms with Gasteiger partial charge in [0.1, 0.15) is 0 Å². The third-order valence-corrected chi connectivity index (χ3v) is 4.13. The highest BCUT2D eigenvalue weighted by Crippen LogP contribution is 2.35. The van der Waals surface area contributed by atoms with Gasteiger partial charge in [-0.15, -0.1) is 0 Å². The van der Waals surface area contributed by atoms with E-state index in [2.05, 4.69) is 10.2 Å². The molecule has 0 saturated heterocycles. The number of nitrogens with one attached hydrogen (secondary N) is 1. The summed E-state index contributed by atoms with van der Waals surface area (Å²) in [6.45, 7) is 0. The van der Waals surface area contributed by atoms with Crippen molar-refractivity contribution in [2.45, 2.75) is 4.90 Å². The minimum Gasteiger partial charge on any atom is -0.285 e. The summed E-state index contributed by atoms with van der Waals surface area (Å²) in [6.07, 6.45) is 1.64. The van der Waals surface area contributed by atoms with Gasteiger partial charge in [0.05, 0.1) is 10.6 Å². The van der Waals surface area contributed by atoms with E-state index in [0.29, 0.717) is 11.3 Å². The Balaban J connectivity index is 2.36. The Labute approximate surface area is 122 Å². The number of H-pyrrole nitrogens is 1. The molecule has 2 aromatic carbocycles. The molecule has 0 spiro atoms. The molecule has 0 bridgehead atoms. The molecule has 0 aliphatic rings. The highest BCUT2D eigenvalue weighted by Gasteiger charge is 2.20. The predicted molar refractivity (Wildman–Crippen MR) is 80.8 cm³/mol. The third-order valence-electron chi connectivity index (χ3n) is 3.17. The van der Waals surface area contributed by atoms with Crippen molar-refractivity contribution in [1.29, 1.82) is 0 Å². The van der Waals surface area contributed by atoms with Crippen molar-refractivity contribution >= 4 is 10.0 Å². The Hall–Kier alpha value is -2.44. The fourth-order valence-corrected chi connectivity index (χ4v) is 3.06. The summed E-state index contributed by atoms with van der Waals surface area (Å²) >= 11 is 0. The second-order valence-electron chi connectivity index (χ2n) is 4.55. The molecular weight excluding hydrogens is 286 g/mol. The molecule has 0 amide bonds. The quantitative estimate of drug-likeness (QED) is 0.778. The average molecular weight is 299 g/mol.